The van der Waals surface area contributed by atoms with Crippen molar-refractivity contribution in [2.75, 3.05) is 20.1 Å². The lowest BCUT2D eigenvalue weighted by atomic mass is 10.1. The van der Waals surface area contributed by atoms with E-state index in [9.17, 15) is 18.0 Å². The Labute approximate surface area is 182 Å². The molecule has 0 N–H and O–H groups in total. The third-order valence-electron chi connectivity index (χ3n) is 5.50. The van der Waals surface area contributed by atoms with E-state index < -0.39 is 10.0 Å². The number of benzene rings is 1. The molecule has 162 valence electrons. The van der Waals surface area contributed by atoms with Crippen molar-refractivity contribution in [3.63, 3.8) is 0 Å². The van der Waals surface area contributed by atoms with E-state index in [4.69, 9.17) is 0 Å². The molecule has 1 amide bonds. The summed E-state index contributed by atoms with van der Waals surface area (Å²) in [5.41, 5.74) is 0.475. The molecule has 1 atom stereocenters. The second-order valence-corrected chi connectivity index (χ2v) is 11.1. The molecule has 1 unspecified atom stereocenters. The second-order valence-electron chi connectivity index (χ2n) is 7.70. The highest BCUT2D eigenvalue weighted by atomic mass is 32.2. The molecule has 8 heteroatoms. The lowest BCUT2D eigenvalue weighted by Gasteiger charge is -2.24. The molecule has 1 aliphatic heterocycles. The molecule has 1 aliphatic rings. The van der Waals surface area contributed by atoms with E-state index in [1.165, 1.54) is 52.3 Å². The van der Waals surface area contributed by atoms with Gasteiger partial charge in [-0.25, -0.2) is 12.7 Å². The molecule has 1 saturated heterocycles. The maximum atomic E-state index is 12.8. The molecule has 0 spiro atoms. The number of Topliss-reactive ketones (excluding diaryl/α,β-unsaturated/α-hetero) is 1. The largest absolute Gasteiger partial charge is 0.335 e. The number of amides is 1. The number of rotatable bonds is 8. The van der Waals surface area contributed by atoms with Crippen LogP contribution in [0.2, 0.25) is 0 Å². The Morgan fingerprint density at radius 1 is 1.17 bits per heavy atom. The molecule has 0 saturated carbocycles. The quantitative estimate of drug-likeness (QED) is 0.572. The van der Waals surface area contributed by atoms with E-state index >= 15 is 0 Å². The number of nitrogens with zero attached hydrogens (tertiary/aromatic N) is 2. The van der Waals surface area contributed by atoms with Crippen LogP contribution in [-0.4, -0.2) is 49.5 Å². The van der Waals surface area contributed by atoms with Gasteiger partial charge in [-0.15, -0.1) is 11.3 Å². The van der Waals surface area contributed by atoms with Crippen molar-refractivity contribution in [3.05, 3.63) is 51.7 Å². The summed E-state index contributed by atoms with van der Waals surface area (Å²) in [6.45, 7) is 4.53. The van der Waals surface area contributed by atoms with Crippen LogP contribution in [0.25, 0.3) is 0 Å². The van der Waals surface area contributed by atoms with Crippen LogP contribution < -0.4 is 0 Å². The summed E-state index contributed by atoms with van der Waals surface area (Å²) in [5, 5.41) is 0. The highest BCUT2D eigenvalue weighted by Crippen LogP contribution is 2.36. The van der Waals surface area contributed by atoms with Crippen molar-refractivity contribution in [1.82, 2.24) is 9.21 Å². The van der Waals surface area contributed by atoms with Crippen molar-refractivity contribution in [3.8, 4) is 0 Å². The molecular weight excluding hydrogens is 420 g/mol. The Hall–Kier alpha value is -2.03. The Kier molecular flexibility index (Phi) is 7.10. The first kappa shape index (κ1) is 22.7. The zero-order valence-electron chi connectivity index (χ0n) is 17.6. The monoisotopic (exact) mass is 448 g/mol. The fourth-order valence-corrected chi connectivity index (χ4v) is 5.99. The van der Waals surface area contributed by atoms with Crippen LogP contribution in [0.3, 0.4) is 0 Å². The van der Waals surface area contributed by atoms with E-state index in [0.717, 1.165) is 19.4 Å². The predicted molar refractivity (Wildman–Crippen MR) is 118 cm³/mol. The van der Waals surface area contributed by atoms with Gasteiger partial charge < -0.3 is 4.90 Å². The van der Waals surface area contributed by atoms with Crippen LogP contribution in [0.1, 0.15) is 58.8 Å². The van der Waals surface area contributed by atoms with Gasteiger partial charge in [-0.1, -0.05) is 12.1 Å². The number of thiophene rings is 1. The summed E-state index contributed by atoms with van der Waals surface area (Å²) in [7, 11) is -2.13. The first-order chi connectivity index (χ1) is 14.2. The molecule has 6 nitrogen and oxygen atoms in total. The maximum absolute atomic E-state index is 12.8. The Bertz CT molecular complexity index is 1010. The second kappa shape index (κ2) is 9.41. The van der Waals surface area contributed by atoms with Gasteiger partial charge >= 0.3 is 0 Å². The molecule has 0 bridgehead atoms. The van der Waals surface area contributed by atoms with Crippen LogP contribution >= 0.6 is 11.3 Å². The van der Waals surface area contributed by atoms with Gasteiger partial charge in [-0.3, -0.25) is 9.59 Å². The van der Waals surface area contributed by atoms with Crippen LogP contribution in [0.5, 0.6) is 0 Å². The summed E-state index contributed by atoms with van der Waals surface area (Å²) in [4.78, 5) is 28.7. The van der Waals surface area contributed by atoms with E-state index in [1.54, 1.807) is 11.3 Å². The highest BCUT2D eigenvalue weighted by molar-refractivity contribution is 7.89. The minimum atomic E-state index is -3.65. The average Bonchev–Trinajstić information content (AvgIpc) is 3.36. The Balaban J connectivity index is 1.56. The molecule has 2 heterocycles. The normalized spacial score (nSPS) is 16.9. The summed E-state index contributed by atoms with van der Waals surface area (Å²) in [6.07, 6.45) is 2.77. The van der Waals surface area contributed by atoms with E-state index in [2.05, 4.69) is 19.1 Å². The zero-order chi connectivity index (χ0) is 21.9. The molecule has 1 aromatic carbocycles. The van der Waals surface area contributed by atoms with Crippen molar-refractivity contribution in [2.24, 2.45) is 0 Å². The smallest absolute Gasteiger partial charge is 0.242 e. The fraction of sp³-hybridized carbons (Fsp3) is 0.455. The van der Waals surface area contributed by atoms with Gasteiger partial charge in [0.1, 0.15) is 0 Å². The van der Waals surface area contributed by atoms with Gasteiger partial charge in [-0.2, -0.15) is 0 Å². The van der Waals surface area contributed by atoms with E-state index in [-0.39, 0.29) is 29.2 Å². The first-order valence-corrected chi connectivity index (χ1v) is 12.4. The van der Waals surface area contributed by atoms with E-state index in [0.29, 0.717) is 18.4 Å². The van der Waals surface area contributed by atoms with Crippen molar-refractivity contribution < 1.29 is 18.0 Å². The Morgan fingerprint density at radius 3 is 2.47 bits per heavy atom. The van der Waals surface area contributed by atoms with E-state index in [1.807, 2.05) is 4.90 Å². The molecule has 30 heavy (non-hydrogen) atoms. The minimum absolute atomic E-state index is 0.0835. The maximum Gasteiger partial charge on any atom is 0.242 e. The lowest BCUT2D eigenvalue weighted by molar-refractivity contribution is -0.132. The van der Waals surface area contributed by atoms with Crippen molar-refractivity contribution >= 4 is 33.1 Å². The number of carbonyl (C=O) groups is 2. The third kappa shape index (κ3) is 4.99. The van der Waals surface area contributed by atoms with Crippen molar-refractivity contribution in [1.29, 1.82) is 0 Å². The van der Waals surface area contributed by atoms with Gasteiger partial charge in [0.05, 0.1) is 10.9 Å². The highest BCUT2D eigenvalue weighted by Gasteiger charge is 2.30. The minimum Gasteiger partial charge on any atom is -0.335 e. The number of carbonyl (C=O) groups excluding carboxylic acids is 2. The number of ketones is 1. The van der Waals surface area contributed by atoms with Crippen LogP contribution in [0.4, 0.5) is 0 Å². The standard InChI is InChI=1S/C22H28N2O4S2/c1-16-8-13-21(29-16)20-6-4-15-24(20)22(26)7-5-14-23(3)30(27,28)19-11-9-18(10-12-19)17(2)25/h8-13,20H,4-7,14-15H2,1-3H3. The first-order valence-electron chi connectivity index (χ1n) is 10.1. The predicted octanol–water partition coefficient (Wildman–Crippen LogP) is 4.02. The molecule has 1 aromatic heterocycles. The summed E-state index contributed by atoms with van der Waals surface area (Å²) in [6, 6.07) is 10.3. The zero-order valence-corrected chi connectivity index (χ0v) is 19.3. The van der Waals surface area contributed by atoms with Gasteiger partial charge in [0, 0.05) is 41.9 Å². The van der Waals surface area contributed by atoms with Gasteiger partial charge in [-0.05, 0) is 57.4 Å². The molecule has 2 aromatic rings. The fourth-order valence-electron chi connectivity index (χ4n) is 3.75. The number of likely N-dealkylation sites (tertiary alicyclic amines) is 1. The number of hydrogen-bond acceptors (Lipinski definition) is 5. The molecule has 3 rings (SSSR count). The van der Waals surface area contributed by atoms with Crippen molar-refractivity contribution in [2.45, 2.75) is 50.5 Å². The SMILES string of the molecule is CC(=O)c1ccc(S(=O)(=O)N(C)CCCC(=O)N2CCCC2c2ccc(C)s2)cc1. The van der Waals surface area contributed by atoms with Crippen LogP contribution in [0, 0.1) is 6.92 Å². The summed E-state index contributed by atoms with van der Waals surface area (Å²) in [5.74, 6) is -0.0242. The molecular formula is C22H28N2O4S2. The van der Waals surface area contributed by atoms with Crippen LogP contribution in [0.15, 0.2) is 41.3 Å². The summed E-state index contributed by atoms with van der Waals surface area (Å²) >= 11 is 1.74. The number of hydrogen-bond donors (Lipinski definition) is 0. The molecule has 1 fully saturated rings. The Morgan fingerprint density at radius 2 is 1.87 bits per heavy atom. The van der Waals surface area contributed by atoms with Crippen LogP contribution in [-0.2, 0) is 14.8 Å². The molecule has 0 aliphatic carbocycles. The topological polar surface area (TPSA) is 74.8 Å². The summed E-state index contributed by atoms with van der Waals surface area (Å²) < 4.78 is 26.7. The third-order valence-corrected chi connectivity index (χ3v) is 8.47. The van der Waals surface area contributed by atoms with Gasteiger partial charge in [0.2, 0.25) is 15.9 Å². The average molecular weight is 449 g/mol. The number of sulfonamides is 1. The van der Waals surface area contributed by atoms with Gasteiger partial charge in [0.15, 0.2) is 5.78 Å². The van der Waals surface area contributed by atoms with Gasteiger partial charge in [0.25, 0.3) is 0 Å². The number of aryl methyl sites for hydroxylation is 1. The molecule has 0 radical (unpaired) electrons. The lowest BCUT2D eigenvalue weighted by Crippen LogP contribution is -2.32.